The molecule has 0 saturated carbocycles. The molecule has 0 saturated heterocycles. The Kier molecular flexibility index (Phi) is 7.54. The van der Waals surface area contributed by atoms with E-state index in [-0.39, 0.29) is 0 Å². The zero-order valence-electron chi connectivity index (χ0n) is 7.73. The van der Waals surface area contributed by atoms with E-state index in [9.17, 15) is 4.79 Å². The number of unbranched alkanes of at least 4 members (excludes halogenated alkanes) is 3. The number of hydrogen-bond acceptors (Lipinski definition) is 1. The molecule has 1 heteroatoms. The van der Waals surface area contributed by atoms with Crippen LogP contribution in [0.5, 0.6) is 0 Å². The van der Waals surface area contributed by atoms with Gasteiger partial charge in [-0.3, -0.25) is 4.79 Å². The molecule has 11 heavy (non-hydrogen) atoms. The van der Waals surface area contributed by atoms with Gasteiger partial charge in [0, 0.05) is 6.42 Å². The summed E-state index contributed by atoms with van der Waals surface area (Å²) in [5.74, 6) is 0.857. The molecule has 0 unspecified atom stereocenters. The molecule has 0 bridgehead atoms. The van der Waals surface area contributed by atoms with Crippen molar-refractivity contribution in [1.29, 1.82) is 0 Å². The van der Waals surface area contributed by atoms with Crippen molar-refractivity contribution < 1.29 is 4.79 Å². The summed E-state index contributed by atoms with van der Waals surface area (Å²) >= 11 is 0. The third-order valence-electron chi connectivity index (χ3n) is 2.17. The Balaban J connectivity index is 2.95. The van der Waals surface area contributed by atoms with E-state index in [0.717, 1.165) is 12.3 Å². The van der Waals surface area contributed by atoms with Crippen LogP contribution in [0.25, 0.3) is 0 Å². The van der Waals surface area contributed by atoms with Crippen LogP contribution in [0.3, 0.4) is 0 Å². The molecular weight excluding hydrogens is 136 g/mol. The van der Waals surface area contributed by atoms with Crippen molar-refractivity contribution in [3.63, 3.8) is 0 Å². The molecule has 0 amide bonds. The van der Waals surface area contributed by atoms with E-state index in [1.165, 1.54) is 25.7 Å². The zero-order valence-corrected chi connectivity index (χ0v) is 7.73. The van der Waals surface area contributed by atoms with E-state index in [4.69, 9.17) is 0 Å². The van der Waals surface area contributed by atoms with Crippen LogP contribution < -0.4 is 0 Å². The molecule has 0 fully saturated rings. The highest BCUT2D eigenvalue weighted by Gasteiger charge is 1.97. The van der Waals surface area contributed by atoms with E-state index in [1.807, 2.05) is 6.29 Å². The van der Waals surface area contributed by atoms with Crippen LogP contribution in [0.15, 0.2) is 0 Å². The van der Waals surface area contributed by atoms with Gasteiger partial charge in [0.1, 0.15) is 0 Å². The maximum atomic E-state index is 9.83. The van der Waals surface area contributed by atoms with E-state index in [2.05, 4.69) is 13.8 Å². The molecule has 0 heterocycles. The Hall–Kier alpha value is -0.330. The smallest absolute Gasteiger partial charge is 0.198 e. The molecule has 0 aliphatic rings. The highest BCUT2D eigenvalue weighted by Crippen LogP contribution is 2.12. The standard InChI is InChI=1S/C10H19O/c1-3-10(2)8-6-4-5-7-9-11/h10H,3-8H2,1-2H3/t10-/m0/s1. The van der Waals surface area contributed by atoms with Gasteiger partial charge in [-0.05, 0) is 12.3 Å². The van der Waals surface area contributed by atoms with Crippen LogP contribution >= 0.6 is 0 Å². The first-order valence-electron chi connectivity index (χ1n) is 4.66. The minimum atomic E-state index is 0.626. The zero-order chi connectivity index (χ0) is 8.53. The molecule has 0 aromatic carbocycles. The number of hydrogen-bond donors (Lipinski definition) is 0. The highest BCUT2D eigenvalue weighted by atomic mass is 16.1. The fourth-order valence-corrected chi connectivity index (χ4v) is 1.07. The molecular formula is C10H19O. The van der Waals surface area contributed by atoms with Crippen molar-refractivity contribution in [2.75, 3.05) is 0 Å². The molecule has 1 atom stereocenters. The molecule has 65 valence electrons. The summed E-state index contributed by atoms with van der Waals surface area (Å²) in [6.45, 7) is 4.51. The first-order chi connectivity index (χ1) is 5.31. The van der Waals surface area contributed by atoms with Gasteiger partial charge < -0.3 is 0 Å². The van der Waals surface area contributed by atoms with Crippen molar-refractivity contribution in [2.24, 2.45) is 5.92 Å². The lowest BCUT2D eigenvalue weighted by atomic mass is 10.0. The Morgan fingerprint density at radius 1 is 1.27 bits per heavy atom. The first kappa shape index (κ1) is 10.7. The lowest BCUT2D eigenvalue weighted by Crippen LogP contribution is -1.91. The van der Waals surface area contributed by atoms with Crippen molar-refractivity contribution in [3.8, 4) is 0 Å². The molecule has 0 aromatic heterocycles. The van der Waals surface area contributed by atoms with Gasteiger partial charge >= 0.3 is 0 Å². The normalized spacial score (nSPS) is 12.9. The maximum absolute atomic E-state index is 9.83. The predicted molar refractivity (Wildman–Crippen MR) is 48.2 cm³/mol. The van der Waals surface area contributed by atoms with Crippen LogP contribution in [0.1, 0.15) is 52.4 Å². The second kappa shape index (κ2) is 7.77. The Morgan fingerprint density at radius 2 is 2.00 bits per heavy atom. The van der Waals surface area contributed by atoms with Crippen LogP contribution in [0.2, 0.25) is 0 Å². The van der Waals surface area contributed by atoms with E-state index in [0.29, 0.717) is 6.42 Å². The lowest BCUT2D eigenvalue weighted by Gasteiger charge is -2.06. The van der Waals surface area contributed by atoms with Gasteiger partial charge in [-0.15, -0.1) is 0 Å². The van der Waals surface area contributed by atoms with Gasteiger partial charge in [0.2, 0.25) is 0 Å². The molecule has 0 aliphatic heterocycles. The van der Waals surface area contributed by atoms with Crippen LogP contribution in [-0.4, -0.2) is 6.29 Å². The fourth-order valence-electron chi connectivity index (χ4n) is 1.07. The Labute approximate surface area is 70.2 Å². The van der Waals surface area contributed by atoms with Crippen LogP contribution in [0.4, 0.5) is 0 Å². The molecule has 1 nitrogen and oxygen atoms in total. The average Bonchev–Trinajstić information content (AvgIpc) is 2.04. The fraction of sp³-hybridized carbons (Fsp3) is 0.900. The van der Waals surface area contributed by atoms with Crippen molar-refractivity contribution >= 4 is 6.29 Å². The average molecular weight is 155 g/mol. The summed E-state index contributed by atoms with van der Waals surface area (Å²) < 4.78 is 0. The van der Waals surface area contributed by atoms with Gasteiger partial charge in [0.05, 0.1) is 0 Å². The van der Waals surface area contributed by atoms with Crippen LogP contribution in [0, 0.1) is 5.92 Å². The molecule has 1 radical (unpaired) electrons. The summed E-state index contributed by atoms with van der Waals surface area (Å²) in [5.41, 5.74) is 0. The predicted octanol–water partition coefficient (Wildman–Crippen LogP) is 3.09. The largest absolute Gasteiger partial charge is 0.291 e. The Bertz CT molecular complexity index is 88.9. The maximum Gasteiger partial charge on any atom is 0.198 e. The van der Waals surface area contributed by atoms with Gasteiger partial charge in [-0.25, -0.2) is 0 Å². The molecule has 0 aromatic rings. The van der Waals surface area contributed by atoms with Crippen molar-refractivity contribution in [3.05, 3.63) is 0 Å². The lowest BCUT2D eigenvalue weighted by molar-refractivity contribution is 0.477. The van der Waals surface area contributed by atoms with Gasteiger partial charge in [-0.2, -0.15) is 0 Å². The van der Waals surface area contributed by atoms with Gasteiger partial charge in [0.25, 0.3) is 0 Å². The van der Waals surface area contributed by atoms with Gasteiger partial charge in [0.15, 0.2) is 6.29 Å². The molecule has 0 aliphatic carbocycles. The minimum Gasteiger partial charge on any atom is -0.291 e. The van der Waals surface area contributed by atoms with Crippen LogP contribution in [-0.2, 0) is 4.79 Å². The third-order valence-corrected chi connectivity index (χ3v) is 2.17. The van der Waals surface area contributed by atoms with E-state index < -0.39 is 0 Å². The first-order valence-corrected chi connectivity index (χ1v) is 4.66. The SMILES string of the molecule is CC[C@H](C)CCCCC[C]=O. The molecule has 0 spiro atoms. The summed E-state index contributed by atoms with van der Waals surface area (Å²) in [4.78, 5) is 9.83. The van der Waals surface area contributed by atoms with E-state index >= 15 is 0 Å². The number of rotatable bonds is 7. The van der Waals surface area contributed by atoms with Crippen molar-refractivity contribution in [2.45, 2.75) is 52.4 Å². The second-order valence-electron chi connectivity index (χ2n) is 3.26. The topological polar surface area (TPSA) is 17.1 Å². The third kappa shape index (κ3) is 7.57. The molecule has 0 rings (SSSR count). The van der Waals surface area contributed by atoms with Gasteiger partial charge in [-0.1, -0.05) is 39.5 Å². The second-order valence-corrected chi connectivity index (χ2v) is 3.26. The van der Waals surface area contributed by atoms with E-state index in [1.54, 1.807) is 0 Å². The summed E-state index contributed by atoms with van der Waals surface area (Å²) in [6, 6.07) is 0. The Morgan fingerprint density at radius 3 is 2.55 bits per heavy atom. The monoisotopic (exact) mass is 155 g/mol. The summed E-state index contributed by atoms with van der Waals surface area (Å²) in [7, 11) is 0. The quantitative estimate of drug-likeness (QED) is 0.516. The molecule has 0 N–H and O–H groups in total. The highest BCUT2D eigenvalue weighted by molar-refractivity contribution is 5.50. The van der Waals surface area contributed by atoms with Crippen molar-refractivity contribution in [1.82, 2.24) is 0 Å². The minimum absolute atomic E-state index is 0.626. The number of carbonyl (C=O) groups excluding carboxylic acids is 1. The summed E-state index contributed by atoms with van der Waals surface area (Å²) in [5, 5.41) is 0. The summed E-state index contributed by atoms with van der Waals surface area (Å²) in [6.07, 6.45) is 8.63.